The standard InChI is InChI=1S/C26H27FN4O3S2/c1-3-4-9-30-23(29-10-12-34-13-11-29)20(17(2)21(15-28)24(30)32)14-22-25(33)31(26(35)36-22)16-18-5-7-19(27)8-6-18/h5-8,14H,3-4,9-13,16H2,1-2H3. The van der Waals surface area contributed by atoms with Gasteiger partial charge in [-0.1, -0.05) is 49.5 Å². The maximum Gasteiger partial charge on any atom is 0.270 e. The highest BCUT2D eigenvalue weighted by Gasteiger charge is 2.33. The lowest BCUT2D eigenvalue weighted by molar-refractivity contribution is -0.122. The number of hydrogen-bond donors (Lipinski definition) is 0. The molecule has 0 spiro atoms. The van der Waals surface area contributed by atoms with E-state index in [1.165, 1.54) is 28.8 Å². The van der Waals surface area contributed by atoms with E-state index in [2.05, 4.69) is 11.0 Å². The first-order valence-corrected chi connectivity index (χ1v) is 13.1. The summed E-state index contributed by atoms with van der Waals surface area (Å²) in [6.45, 7) is 6.76. The van der Waals surface area contributed by atoms with E-state index in [-0.39, 0.29) is 29.4 Å². The molecule has 0 aliphatic carbocycles. The first-order valence-electron chi connectivity index (χ1n) is 11.9. The Balaban J connectivity index is 1.80. The van der Waals surface area contributed by atoms with Crippen LogP contribution in [0.5, 0.6) is 0 Å². The van der Waals surface area contributed by atoms with Crippen LogP contribution in [0.4, 0.5) is 10.2 Å². The number of carbonyl (C=O) groups is 1. The molecular formula is C26H27FN4O3S2. The molecule has 0 unspecified atom stereocenters. The van der Waals surface area contributed by atoms with Crippen molar-refractivity contribution < 1.29 is 13.9 Å². The summed E-state index contributed by atoms with van der Waals surface area (Å²) >= 11 is 6.68. The summed E-state index contributed by atoms with van der Waals surface area (Å²) in [5.41, 5.74) is 1.74. The molecule has 0 N–H and O–H groups in total. The van der Waals surface area contributed by atoms with Crippen molar-refractivity contribution in [2.75, 3.05) is 31.2 Å². The van der Waals surface area contributed by atoms with E-state index >= 15 is 0 Å². The van der Waals surface area contributed by atoms with Crippen LogP contribution < -0.4 is 10.5 Å². The van der Waals surface area contributed by atoms with Crippen molar-refractivity contribution in [2.45, 2.75) is 39.8 Å². The Morgan fingerprint density at radius 1 is 1.22 bits per heavy atom. The van der Waals surface area contributed by atoms with E-state index in [0.29, 0.717) is 59.0 Å². The molecule has 2 saturated heterocycles. The number of ether oxygens (including phenoxy) is 1. The molecule has 1 aromatic heterocycles. The van der Waals surface area contributed by atoms with Gasteiger partial charge in [0.2, 0.25) is 0 Å². The number of pyridine rings is 1. The van der Waals surface area contributed by atoms with Gasteiger partial charge >= 0.3 is 0 Å². The average molecular weight is 527 g/mol. The number of benzene rings is 1. The van der Waals surface area contributed by atoms with Gasteiger partial charge in [-0.25, -0.2) is 4.39 Å². The molecule has 1 amide bonds. The molecule has 0 bridgehead atoms. The number of nitrogens with zero attached hydrogens (tertiary/aromatic N) is 4. The lowest BCUT2D eigenvalue weighted by Crippen LogP contribution is -2.41. The number of thioether (sulfide) groups is 1. The highest BCUT2D eigenvalue weighted by molar-refractivity contribution is 8.26. The minimum Gasteiger partial charge on any atom is -0.378 e. The number of nitriles is 1. The third-order valence-electron chi connectivity index (χ3n) is 6.30. The molecule has 2 aliphatic rings. The molecule has 10 heteroatoms. The molecule has 188 valence electrons. The fourth-order valence-corrected chi connectivity index (χ4v) is 5.56. The molecule has 36 heavy (non-hydrogen) atoms. The maximum absolute atomic E-state index is 13.4. The Labute approximate surface area is 219 Å². The zero-order chi connectivity index (χ0) is 25.8. The summed E-state index contributed by atoms with van der Waals surface area (Å²) in [6.07, 6.45) is 3.43. The van der Waals surface area contributed by atoms with Gasteiger partial charge in [-0.15, -0.1) is 0 Å². The number of unbranched alkanes of at least 4 members (excludes halogenated alkanes) is 1. The van der Waals surface area contributed by atoms with Crippen molar-refractivity contribution in [1.29, 1.82) is 5.26 Å². The summed E-state index contributed by atoms with van der Waals surface area (Å²) in [7, 11) is 0. The van der Waals surface area contributed by atoms with Crippen molar-refractivity contribution in [3.63, 3.8) is 0 Å². The van der Waals surface area contributed by atoms with Crippen molar-refractivity contribution in [1.82, 2.24) is 9.47 Å². The summed E-state index contributed by atoms with van der Waals surface area (Å²) in [4.78, 5) is 30.7. The van der Waals surface area contributed by atoms with Crippen molar-refractivity contribution in [2.24, 2.45) is 0 Å². The molecular weight excluding hydrogens is 499 g/mol. The van der Waals surface area contributed by atoms with Gasteiger partial charge in [-0.3, -0.25) is 19.1 Å². The number of anilines is 1. The summed E-state index contributed by atoms with van der Waals surface area (Å²) < 4.78 is 20.9. The Morgan fingerprint density at radius 2 is 1.92 bits per heavy atom. The number of rotatable bonds is 7. The predicted molar refractivity (Wildman–Crippen MR) is 143 cm³/mol. The second kappa shape index (κ2) is 11.4. The number of hydrogen-bond acceptors (Lipinski definition) is 7. The molecule has 0 saturated carbocycles. The molecule has 7 nitrogen and oxygen atoms in total. The molecule has 4 rings (SSSR count). The van der Waals surface area contributed by atoms with E-state index < -0.39 is 0 Å². The summed E-state index contributed by atoms with van der Waals surface area (Å²) in [6, 6.07) is 8.03. The van der Waals surface area contributed by atoms with Gasteiger partial charge in [-0.05, 0) is 42.7 Å². The first-order chi connectivity index (χ1) is 17.3. The SMILES string of the molecule is CCCCn1c(N2CCOCC2)c(C=C2SC(=S)N(Cc3ccc(F)cc3)C2=O)c(C)c(C#N)c1=O. The molecule has 2 fully saturated rings. The fourth-order valence-electron chi connectivity index (χ4n) is 4.32. The zero-order valence-electron chi connectivity index (χ0n) is 20.3. The van der Waals surface area contributed by atoms with Crippen molar-refractivity contribution in [3.05, 3.63) is 67.6 Å². The molecule has 1 aromatic carbocycles. The minimum atomic E-state index is -0.346. The molecule has 2 aliphatic heterocycles. The lowest BCUT2D eigenvalue weighted by atomic mass is 10.0. The highest BCUT2D eigenvalue weighted by atomic mass is 32.2. The molecule has 3 heterocycles. The zero-order valence-corrected chi connectivity index (χ0v) is 21.9. The van der Waals surface area contributed by atoms with E-state index in [4.69, 9.17) is 17.0 Å². The van der Waals surface area contributed by atoms with Crippen LogP contribution in [0, 0.1) is 24.1 Å². The van der Waals surface area contributed by atoms with Crippen LogP contribution in [0.1, 0.15) is 42.0 Å². The van der Waals surface area contributed by atoms with Crippen LogP contribution in [0.25, 0.3) is 6.08 Å². The number of amides is 1. The predicted octanol–water partition coefficient (Wildman–Crippen LogP) is 4.21. The van der Waals surface area contributed by atoms with Gasteiger partial charge in [0.15, 0.2) is 0 Å². The first kappa shape index (κ1) is 26.1. The van der Waals surface area contributed by atoms with Gasteiger partial charge in [0.1, 0.15) is 27.6 Å². The highest BCUT2D eigenvalue weighted by Crippen LogP contribution is 2.36. The van der Waals surface area contributed by atoms with E-state index in [1.807, 2.05) is 6.92 Å². The van der Waals surface area contributed by atoms with Crippen molar-refractivity contribution in [3.8, 4) is 6.07 Å². The number of thiocarbonyl (C=S) groups is 1. The summed E-state index contributed by atoms with van der Waals surface area (Å²) in [5, 5.41) is 9.81. The molecule has 0 radical (unpaired) electrons. The van der Waals surface area contributed by atoms with Crippen LogP contribution in [-0.4, -0.2) is 46.0 Å². The number of morpholine rings is 1. The Morgan fingerprint density at radius 3 is 2.56 bits per heavy atom. The van der Waals surface area contributed by atoms with Crippen molar-refractivity contribution >= 4 is 46.1 Å². The van der Waals surface area contributed by atoms with Crippen LogP contribution in [0.15, 0.2) is 34.0 Å². The second-order valence-electron chi connectivity index (χ2n) is 8.65. The Hall–Kier alpha value is -3.00. The third kappa shape index (κ3) is 5.24. The quantitative estimate of drug-likeness (QED) is 0.395. The minimum absolute atomic E-state index is 0.0798. The maximum atomic E-state index is 13.4. The smallest absolute Gasteiger partial charge is 0.270 e. The van der Waals surface area contributed by atoms with E-state index in [9.17, 15) is 19.2 Å². The van der Waals surface area contributed by atoms with Crippen LogP contribution in [-0.2, 0) is 22.6 Å². The van der Waals surface area contributed by atoms with Crippen LogP contribution >= 0.6 is 24.0 Å². The second-order valence-corrected chi connectivity index (χ2v) is 10.3. The topological polar surface area (TPSA) is 78.6 Å². The number of carbonyl (C=O) groups excluding carboxylic acids is 1. The normalized spacial score (nSPS) is 17.2. The van der Waals surface area contributed by atoms with E-state index in [0.717, 1.165) is 18.4 Å². The average Bonchev–Trinajstić information content (AvgIpc) is 3.14. The van der Waals surface area contributed by atoms with Gasteiger partial charge in [0.05, 0.1) is 24.7 Å². The largest absolute Gasteiger partial charge is 0.378 e. The lowest BCUT2D eigenvalue weighted by Gasteiger charge is -2.33. The molecule has 2 aromatic rings. The number of halogens is 1. The monoisotopic (exact) mass is 526 g/mol. The van der Waals surface area contributed by atoms with Crippen LogP contribution in [0.2, 0.25) is 0 Å². The van der Waals surface area contributed by atoms with Crippen LogP contribution in [0.3, 0.4) is 0 Å². The Kier molecular flexibility index (Phi) is 8.24. The Bertz CT molecular complexity index is 1310. The van der Waals surface area contributed by atoms with Gasteiger partial charge in [-0.2, -0.15) is 5.26 Å². The van der Waals surface area contributed by atoms with Gasteiger partial charge in [0.25, 0.3) is 11.5 Å². The van der Waals surface area contributed by atoms with Gasteiger partial charge < -0.3 is 9.64 Å². The molecule has 0 atom stereocenters. The summed E-state index contributed by atoms with van der Waals surface area (Å²) in [5.74, 6) is 0.102. The van der Waals surface area contributed by atoms with E-state index in [1.54, 1.807) is 29.7 Å². The fraction of sp³-hybridized carbons (Fsp3) is 0.385. The van der Waals surface area contributed by atoms with Gasteiger partial charge in [0, 0.05) is 25.2 Å². The third-order valence-corrected chi connectivity index (χ3v) is 7.67. The number of aromatic nitrogens is 1.